The highest BCUT2D eigenvalue weighted by Crippen LogP contribution is 2.47. The number of anilines is 2. The van der Waals surface area contributed by atoms with Crippen LogP contribution in [0, 0.1) is 0 Å². The van der Waals surface area contributed by atoms with Crippen molar-refractivity contribution in [2.75, 3.05) is 17.2 Å². The highest BCUT2D eigenvalue weighted by molar-refractivity contribution is 7.17. The van der Waals surface area contributed by atoms with Crippen LogP contribution in [-0.2, 0) is 17.6 Å². The molecule has 0 spiro atoms. The summed E-state index contributed by atoms with van der Waals surface area (Å²) < 4.78 is 47.9. The Morgan fingerprint density at radius 2 is 2.11 bits per heavy atom. The number of aromatic nitrogens is 2. The molecule has 0 aromatic carbocycles. The van der Waals surface area contributed by atoms with Crippen LogP contribution < -0.4 is 10.6 Å². The van der Waals surface area contributed by atoms with E-state index in [1.165, 1.54) is 22.7 Å². The van der Waals surface area contributed by atoms with Crippen molar-refractivity contribution in [3.8, 4) is 0 Å². The number of carbonyl (C=O) groups excluding carboxylic acids is 2. The molecule has 0 saturated heterocycles. The Kier molecular flexibility index (Phi) is 6.77. The van der Waals surface area contributed by atoms with Gasteiger partial charge in [-0.05, 0) is 49.6 Å². The maximum absolute atomic E-state index is 14.0. The predicted octanol–water partition coefficient (Wildman–Crippen LogP) is 6.63. The molecule has 5 rings (SSSR count). The summed E-state index contributed by atoms with van der Waals surface area (Å²) in [6.45, 7) is 1.87. The van der Waals surface area contributed by atoms with Crippen molar-refractivity contribution in [2.24, 2.45) is 0 Å². The third-order valence-corrected chi connectivity index (χ3v) is 8.83. The van der Waals surface area contributed by atoms with Crippen LogP contribution in [0.15, 0.2) is 17.5 Å². The van der Waals surface area contributed by atoms with Crippen LogP contribution in [0.2, 0.25) is 5.02 Å². The molecule has 3 aromatic rings. The van der Waals surface area contributed by atoms with E-state index in [9.17, 15) is 22.8 Å². The highest BCUT2D eigenvalue weighted by Gasteiger charge is 2.48. The van der Waals surface area contributed by atoms with E-state index < -0.39 is 30.1 Å². The first kappa shape index (κ1) is 25.1. The molecular weight excluding hydrogens is 537 g/mol. The van der Waals surface area contributed by atoms with Crippen LogP contribution >= 0.6 is 34.3 Å². The van der Waals surface area contributed by atoms with Gasteiger partial charge in [0.25, 0.3) is 5.91 Å². The van der Waals surface area contributed by atoms with Crippen molar-refractivity contribution in [3.63, 3.8) is 0 Å². The van der Waals surface area contributed by atoms with E-state index in [2.05, 4.69) is 15.7 Å². The smallest absolute Gasteiger partial charge is 0.410 e. The number of fused-ring (bicyclic) bond motifs is 2. The van der Waals surface area contributed by atoms with Gasteiger partial charge in [-0.15, -0.1) is 22.7 Å². The van der Waals surface area contributed by atoms with Gasteiger partial charge in [0.2, 0.25) is 0 Å². The Morgan fingerprint density at radius 1 is 1.33 bits per heavy atom. The molecule has 4 heterocycles. The Bertz CT molecular complexity index is 1300. The Balaban J connectivity index is 1.50. The van der Waals surface area contributed by atoms with Crippen LogP contribution in [0.4, 0.5) is 24.0 Å². The molecule has 1 amide bonds. The van der Waals surface area contributed by atoms with Crippen molar-refractivity contribution in [1.29, 1.82) is 0 Å². The molecule has 2 aliphatic rings. The molecule has 1 aliphatic heterocycles. The number of esters is 1. The summed E-state index contributed by atoms with van der Waals surface area (Å²) in [6, 6.07) is 0.926. The lowest BCUT2D eigenvalue weighted by atomic mass is 9.95. The number of hydrogen-bond acceptors (Lipinski definition) is 7. The maximum atomic E-state index is 14.0. The quantitative estimate of drug-likeness (QED) is 0.343. The number of carbonyl (C=O) groups is 2. The molecule has 1 aliphatic carbocycles. The molecule has 7 nitrogen and oxygen atoms in total. The lowest BCUT2D eigenvalue weighted by Gasteiger charge is -2.32. The summed E-state index contributed by atoms with van der Waals surface area (Å²) in [4.78, 5) is 27.7. The number of hydrogen-bond donors (Lipinski definition) is 2. The van der Waals surface area contributed by atoms with Crippen molar-refractivity contribution >= 4 is 57.0 Å². The first-order chi connectivity index (χ1) is 17.2. The number of ether oxygens (including phenoxy) is 1. The van der Waals surface area contributed by atoms with Gasteiger partial charge in [0, 0.05) is 16.2 Å². The van der Waals surface area contributed by atoms with Gasteiger partial charge in [0.15, 0.2) is 11.7 Å². The maximum Gasteiger partial charge on any atom is 0.410 e. The topological polar surface area (TPSA) is 85.2 Å². The van der Waals surface area contributed by atoms with Gasteiger partial charge >= 0.3 is 12.1 Å². The molecule has 0 saturated carbocycles. The zero-order valence-electron chi connectivity index (χ0n) is 19.1. The van der Waals surface area contributed by atoms with Crippen LogP contribution in [0.1, 0.15) is 74.4 Å². The van der Waals surface area contributed by atoms with Gasteiger partial charge in [-0.25, -0.2) is 9.48 Å². The standard InChI is InChI=1S/C23H22ClF3N4O3S2/c1-2-34-22(33)16-11-6-3-4-7-13(11)36-21(16)29-20(32)18-17(24)19-28-12(14-8-5-9-35-14)10-15(23(25,26)27)31(19)30-18/h5,8-9,12,15,28H,2-4,6-7,10H2,1H3,(H,29,32)/t12-,15+/m0/s1. The summed E-state index contributed by atoms with van der Waals surface area (Å²) in [5.41, 5.74) is 0.809. The minimum absolute atomic E-state index is 0.0649. The summed E-state index contributed by atoms with van der Waals surface area (Å²) >= 11 is 9.05. The third kappa shape index (κ3) is 4.50. The average molecular weight is 559 g/mol. The molecule has 36 heavy (non-hydrogen) atoms. The molecule has 2 N–H and O–H groups in total. The molecule has 13 heteroatoms. The number of alkyl halides is 3. The van der Waals surface area contributed by atoms with E-state index in [4.69, 9.17) is 16.3 Å². The van der Waals surface area contributed by atoms with Crippen LogP contribution in [0.3, 0.4) is 0 Å². The highest BCUT2D eigenvalue weighted by atomic mass is 35.5. The lowest BCUT2D eigenvalue weighted by Crippen LogP contribution is -2.35. The number of aryl methyl sites for hydroxylation is 1. The Labute approximate surface area is 217 Å². The summed E-state index contributed by atoms with van der Waals surface area (Å²) in [6.07, 6.45) is -1.53. The van der Waals surface area contributed by atoms with Gasteiger partial charge in [0.05, 0.1) is 18.2 Å². The normalized spacial score (nSPS) is 19.2. The number of nitrogens with zero attached hydrogens (tertiary/aromatic N) is 2. The van der Waals surface area contributed by atoms with E-state index in [1.54, 1.807) is 24.4 Å². The van der Waals surface area contributed by atoms with E-state index >= 15 is 0 Å². The summed E-state index contributed by atoms with van der Waals surface area (Å²) in [5, 5.41) is 11.6. The first-order valence-electron chi connectivity index (χ1n) is 11.5. The van der Waals surface area contributed by atoms with E-state index in [0.717, 1.165) is 39.3 Å². The molecular formula is C23H22ClF3N4O3S2. The number of rotatable bonds is 5. The van der Waals surface area contributed by atoms with Crippen molar-refractivity contribution < 1.29 is 27.5 Å². The van der Waals surface area contributed by atoms with Gasteiger partial charge in [-0.3, -0.25) is 4.79 Å². The molecule has 0 radical (unpaired) electrons. The fourth-order valence-electron chi connectivity index (χ4n) is 4.65. The monoisotopic (exact) mass is 558 g/mol. The Hall–Kier alpha value is -2.57. The fourth-order valence-corrected chi connectivity index (χ4v) is 6.97. The minimum Gasteiger partial charge on any atom is -0.462 e. The molecule has 2 atom stereocenters. The van der Waals surface area contributed by atoms with E-state index in [0.29, 0.717) is 17.0 Å². The average Bonchev–Trinajstić information content (AvgIpc) is 3.55. The second kappa shape index (κ2) is 9.71. The van der Waals surface area contributed by atoms with Crippen molar-refractivity contribution in [2.45, 2.75) is 57.3 Å². The summed E-state index contributed by atoms with van der Waals surface area (Å²) in [5.74, 6) is -1.40. The second-order valence-electron chi connectivity index (χ2n) is 8.55. The second-order valence-corrected chi connectivity index (χ2v) is 11.0. The molecule has 0 unspecified atom stereocenters. The molecule has 192 valence electrons. The van der Waals surface area contributed by atoms with Gasteiger partial charge in [-0.2, -0.15) is 18.3 Å². The van der Waals surface area contributed by atoms with Crippen LogP contribution in [0.25, 0.3) is 0 Å². The van der Waals surface area contributed by atoms with Gasteiger partial charge in [-0.1, -0.05) is 17.7 Å². The summed E-state index contributed by atoms with van der Waals surface area (Å²) in [7, 11) is 0. The predicted molar refractivity (Wildman–Crippen MR) is 132 cm³/mol. The SMILES string of the molecule is CCOC(=O)c1c(NC(=O)c2nn3c(c2Cl)N[C@H](c2cccs2)C[C@@H]3C(F)(F)F)sc2c1CCCC2. The van der Waals surface area contributed by atoms with Crippen LogP contribution in [0.5, 0.6) is 0 Å². The van der Waals surface area contributed by atoms with Crippen molar-refractivity contribution in [3.05, 3.63) is 49.1 Å². The lowest BCUT2D eigenvalue weighted by molar-refractivity contribution is -0.173. The zero-order chi connectivity index (χ0) is 25.6. The minimum atomic E-state index is -4.60. The van der Waals surface area contributed by atoms with Gasteiger partial charge in [0.1, 0.15) is 15.8 Å². The Morgan fingerprint density at radius 3 is 2.81 bits per heavy atom. The zero-order valence-corrected chi connectivity index (χ0v) is 21.5. The first-order valence-corrected chi connectivity index (χ1v) is 13.5. The molecule has 3 aromatic heterocycles. The molecule has 0 bridgehead atoms. The number of amides is 1. The third-order valence-electron chi connectivity index (χ3n) is 6.28. The van der Waals surface area contributed by atoms with E-state index in [-0.39, 0.29) is 29.6 Å². The largest absolute Gasteiger partial charge is 0.462 e. The number of thiophene rings is 2. The molecule has 0 fully saturated rings. The number of nitrogens with one attached hydrogen (secondary N) is 2. The van der Waals surface area contributed by atoms with E-state index in [1.807, 2.05) is 0 Å². The van der Waals surface area contributed by atoms with Gasteiger partial charge < -0.3 is 15.4 Å². The van der Waals surface area contributed by atoms with Crippen molar-refractivity contribution in [1.82, 2.24) is 9.78 Å². The fraction of sp³-hybridized carbons (Fsp3) is 0.435. The van der Waals surface area contributed by atoms with Crippen LogP contribution in [-0.4, -0.2) is 34.4 Å². The number of halogens is 4.